The topological polar surface area (TPSA) is 90.7 Å². The second kappa shape index (κ2) is 7.88. The van der Waals surface area contributed by atoms with E-state index in [0.29, 0.717) is 24.7 Å². The summed E-state index contributed by atoms with van der Waals surface area (Å²) in [5, 5.41) is 0. The number of nitrogens with one attached hydrogen (secondary N) is 1. The summed E-state index contributed by atoms with van der Waals surface area (Å²) in [6, 6.07) is 4.31. The van der Waals surface area contributed by atoms with Gasteiger partial charge in [-0.15, -0.1) is 6.58 Å². The Hall–Kier alpha value is -1.57. The predicted molar refractivity (Wildman–Crippen MR) is 78.2 cm³/mol. The van der Waals surface area contributed by atoms with Gasteiger partial charge in [-0.3, -0.25) is 0 Å². The number of benzene rings is 1. The van der Waals surface area contributed by atoms with Crippen LogP contribution in [0.25, 0.3) is 0 Å². The van der Waals surface area contributed by atoms with E-state index in [0.717, 1.165) is 6.42 Å². The molecule has 0 aliphatic carbocycles. The largest absolute Gasteiger partial charge is 0.495 e. The van der Waals surface area contributed by atoms with Gasteiger partial charge in [0.2, 0.25) is 10.0 Å². The van der Waals surface area contributed by atoms with E-state index < -0.39 is 10.0 Å². The van der Waals surface area contributed by atoms with Gasteiger partial charge in [0.25, 0.3) is 0 Å². The lowest BCUT2D eigenvalue weighted by Crippen LogP contribution is -2.27. The fourth-order valence-electron chi connectivity index (χ4n) is 1.46. The van der Waals surface area contributed by atoms with Gasteiger partial charge in [0.05, 0.1) is 30.9 Å². The number of nitrogens with two attached hydrogens (primary N) is 1. The number of sulfonamides is 1. The lowest BCUT2D eigenvalue weighted by atomic mass is 10.3. The maximum absolute atomic E-state index is 12.0. The molecule has 0 radical (unpaired) electrons. The molecule has 0 spiro atoms. The van der Waals surface area contributed by atoms with Crippen molar-refractivity contribution < 1.29 is 17.9 Å². The highest BCUT2D eigenvalue weighted by atomic mass is 32.2. The van der Waals surface area contributed by atoms with Crippen molar-refractivity contribution in [2.24, 2.45) is 0 Å². The molecular weight excluding hydrogens is 280 g/mol. The van der Waals surface area contributed by atoms with Crippen molar-refractivity contribution in [3.05, 3.63) is 30.9 Å². The summed E-state index contributed by atoms with van der Waals surface area (Å²) in [7, 11) is -2.15. The van der Waals surface area contributed by atoms with Crippen LogP contribution in [0.2, 0.25) is 0 Å². The van der Waals surface area contributed by atoms with Gasteiger partial charge in [-0.2, -0.15) is 0 Å². The van der Waals surface area contributed by atoms with Crippen molar-refractivity contribution in [2.75, 3.05) is 32.6 Å². The third-order valence-corrected chi connectivity index (χ3v) is 3.98. The van der Waals surface area contributed by atoms with Crippen LogP contribution >= 0.6 is 0 Å². The Kier molecular flexibility index (Phi) is 6.50. The van der Waals surface area contributed by atoms with Crippen LogP contribution in [-0.4, -0.2) is 35.3 Å². The monoisotopic (exact) mass is 300 g/mol. The van der Waals surface area contributed by atoms with Crippen LogP contribution in [0, 0.1) is 0 Å². The minimum Gasteiger partial charge on any atom is -0.495 e. The van der Waals surface area contributed by atoms with Crippen LogP contribution in [0.1, 0.15) is 6.42 Å². The van der Waals surface area contributed by atoms with Crippen LogP contribution in [-0.2, 0) is 14.8 Å². The van der Waals surface area contributed by atoms with E-state index in [2.05, 4.69) is 11.3 Å². The molecule has 20 heavy (non-hydrogen) atoms. The molecule has 0 saturated heterocycles. The van der Waals surface area contributed by atoms with E-state index in [-0.39, 0.29) is 11.4 Å². The molecule has 0 bridgehead atoms. The summed E-state index contributed by atoms with van der Waals surface area (Å²) in [4.78, 5) is 0.106. The minimum absolute atomic E-state index is 0.106. The molecule has 0 fully saturated rings. The lowest BCUT2D eigenvalue weighted by molar-refractivity contribution is 0.144. The third kappa shape index (κ3) is 4.84. The van der Waals surface area contributed by atoms with Crippen LogP contribution in [0.15, 0.2) is 35.7 Å². The zero-order valence-electron chi connectivity index (χ0n) is 11.5. The van der Waals surface area contributed by atoms with E-state index >= 15 is 0 Å². The zero-order valence-corrected chi connectivity index (χ0v) is 12.3. The summed E-state index contributed by atoms with van der Waals surface area (Å²) < 4.78 is 36.7. The number of anilines is 1. The molecule has 3 N–H and O–H groups in total. The van der Waals surface area contributed by atoms with Crippen molar-refractivity contribution in [1.29, 1.82) is 0 Å². The number of hydrogen-bond donors (Lipinski definition) is 2. The van der Waals surface area contributed by atoms with Crippen LogP contribution in [0.4, 0.5) is 5.69 Å². The molecule has 0 saturated carbocycles. The number of ether oxygens (including phenoxy) is 2. The SMILES string of the molecule is C=CCCOCCNS(=O)(=O)c1ccc(N)c(OC)c1. The predicted octanol–water partition coefficient (Wildman–Crippen LogP) is 1.15. The number of rotatable bonds is 9. The second-order valence-electron chi connectivity index (χ2n) is 3.99. The zero-order chi connectivity index (χ0) is 15.0. The maximum atomic E-state index is 12.0. The Labute approximate surface area is 119 Å². The second-order valence-corrected chi connectivity index (χ2v) is 5.76. The fourth-order valence-corrected chi connectivity index (χ4v) is 2.49. The highest BCUT2D eigenvalue weighted by molar-refractivity contribution is 7.89. The average Bonchev–Trinajstić information content (AvgIpc) is 2.43. The molecule has 0 unspecified atom stereocenters. The van der Waals surface area contributed by atoms with Gasteiger partial charge >= 0.3 is 0 Å². The highest BCUT2D eigenvalue weighted by Gasteiger charge is 2.15. The van der Waals surface area contributed by atoms with Crippen LogP contribution in [0.5, 0.6) is 5.75 Å². The van der Waals surface area contributed by atoms with E-state index in [4.69, 9.17) is 15.2 Å². The summed E-state index contributed by atoms with van der Waals surface area (Å²) in [5.41, 5.74) is 6.03. The van der Waals surface area contributed by atoms with Crippen molar-refractivity contribution in [3.8, 4) is 5.75 Å². The van der Waals surface area contributed by atoms with Gasteiger partial charge in [-0.1, -0.05) is 6.08 Å². The van der Waals surface area contributed by atoms with Gasteiger partial charge in [0, 0.05) is 12.6 Å². The standard InChI is InChI=1S/C13H20N2O4S/c1-3-4-8-19-9-7-15-20(16,17)11-5-6-12(14)13(10-11)18-2/h3,5-6,10,15H,1,4,7-9,14H2,2H3. The molecule has 1 aromatic carbocycles. The normalized spacial score (nSPS) is 11.2. The molecule has 112 valence electrons. The van der Waals surface area contributed by atoms with Gasteiger partial charge in [-0.05, 0) is 18.6 Å². The molecule has 7 heteroatoms. The van der Waals surface area contributed by atoms with E-state index in [1.807, 2.05) is 0 Å². The molecule has 0 atom stereocenters. The average molecular weight is 300 g/mol. The summed E-state index contributed by atoms with van der Waals surface area (Å²) in [6.45, 7) is 4.60. The first-order valence-electron chi connectivity index (χ1n) is 6.13. The first kappa shape index (κ1) is 16.5. The van der Waals surface area contributed by atoms with Crippen LogP contribution in [0.3, 0.4) is 0 Å². The molecule has 0 amide bonds. The van der Waals surface area contributed by atoms with Crippen molar-refractivity contribution in [3.63, 3.8) is 0 Å². The summed E-state index contributed by atoms with van der Waals surface area (Å²) in [5.74, 6) is 0.329. The number of methoxy groups -OCH3 is 1. The van der Waals surface area contributed by atoms with E-state index in [9.17, 15) is 8.42 Å². The lowest BCUT2D eigenvalue weighted by Gasteiger charge is -2.09. The molecule has 0 aliphatic rings. The fraction of sp³-hybridized carbons (Fsp3) is 0.385. The highest BCUT2D eigenvalue weighted by Crippen LogP contribution is 2.24. The Morgan fingerprint density at radius 3 is 2.80 bits per heavy atom. The Morgan fingerprint density at radius 2 is 2.15 bits per heavy atom. The molecule has 6 nitrogen and oxygen atoms in total. The Morgan fingerprint density at radius 1 is 1.40 bits per heavy atom. The van der Waals surface area contributed by atoms with Crippen LogP contribution < -0.4 is 15.2 Å². The van der Waals surface area contributed by atoms with Gasteiger partial charge < -0.3 is 15.2 Å². The van der Waals surface area contributed by atoms with Gasteiger partial charge in [0.1, 0.15) is 5.75 Å². The van der Waals surface area contributed by atoms with E-state index in [1.54, 1.807) is 6.08 Å². The smallest absolute Gasteiger partial charge is 0.240 e. The summed E-state index contributed by atoms with van der Waals surface area (Å²) in [6.07, 6.45) is 2.48. The maximum Gasteiger partial charge on any atom is 0.240 e. The van der Waals surface area contributed by atoms with E-state index in [1.165, 1.54) is 25.3 Å². The van der Waals surface area contributed by atoms with Gasteiger partial charge in [-0.25, -0.2) is 13.1 Å². The molecule has 0 heterocycles. The quantitative estimate of drug-likeness (QED) is 0.405. The third-order valence-electron chi connectivity index (χ3n) is 2.52. The Bertz CT molecular complexity index is 543. The molecular formula is C13H20N2O4S. The van der Waals surface area contributed by atoms with Gasteiger partial charge in [0.15, 0.2) is 0 Å². The molecule has 1 rings (SSSR count). The van der Waals surface area contributed by atoms with Crippen molar-refractivity contribution >= 4 is 15.7 Å². The number of hydrogen-bond acceptors (Lipinski definition) is 5. The molecule has 0 aliphatic heterocycles. The number of nitrogen functional groups attached to an aromatic ring is 1. The molecule has 1 aromatic rings. The van der Waals surface area contributed by atoms with Crippen molar-refractivity contribution in [2.45, 2.75) is 11.3 Å². The Balaban J connectivity index is 2.58. The first-order valence-corrected chi connectivity index (χ1v) is 7.61. The molecule has 0 aromatic heterocycles. The first-order chi connectivity index (χ1) is 9.51. The summed E-state index contributed by atoms with van der Waals surface area (Å²) >= 11 is 0. The van der Waals surface area contributed by atoms with Crippen molar-refractivity contribution in [1.82, 2.24) is 4.72 Å². The minimum atomic E-state index is -3.59.